The maximum atomic E-state index is 13.1. The molecule has 98 heavy (non-hydrogen) atoms. The van der Waals surface area contributed by atoms with Crippen LogP contribution >= 0.6 is 15.6 Å². The average molecular weight is 1440 g/mol. The molecule has 0 fully saturated rings. The predicted molar refractivity (Wildman–Crippen MR) is 400 cm³/mol. The molecule has 0 bridgehead atoms. The molecule has 0 amide bonds. The van der Waals surface area contributed by atoms with Crippen LogP contribution in [0.1, 0.15) is 402 Å². The van der Waals surface area contributed by atoms with Gasteiger partial charge in [-0.05, 0) is 49.4 Å². The van der Waals surface area contributed by atoms with Gasteiger partial charge in [-0.3, -0.25) is 37.3 Å². The second-order valence-electron chi connectivity index (χ2n) is 29.9. The lowest BCUT2D eigenvalue weighted by molar-refractivity contribution is -0.161. The van der Waals surface area contributed by atoms with Crippen LogP contribution in [0.25, 0.3) is 0 Å². The van der Waals surface area contributed by atoms with Gasteiger partial charge in [-0.1, -0.05) is 351 Å². The molecular weight excluding hydrogens is 1280 g/mol. The third-order valence-electron chi connectivity index (χ3n) is 19.0. The standard InChI is InChI=1S/C79H154O17P2/c1-9-71(7)57-49-41-33-27-21-17-14-15-18-22-28-34-43-51-59-76(81)89-65-74(95-78(83)61-53-45-35-29-23-19-13-11-12-16-20-25-31-39-47-55-69(3)4)67-93-97(85,86)91-63-73(80)64-92-98(87,88)94-68-75(66-90-77(82)60-52-44-38-37-42-50-58-72(8)10-2)96-79(84)62-54-46-36-30-24-26-32-40-48-56-70(5)6/h69-75,80H,9-68H2,1-8H3,(H,85,86)(H,87,88)/t71?,72?,73-,74-,75-/m1/s1. The number of aliphatic hydroxyl groups excluding tert-OH is 1. The molecule has 0 saturated heterocycles. The number of unbranched alkanes of at least 4 members (excludes halogenated alkanes) is 40. The van der Waals surface area contributed by atoms with E-state index in [1.165, 1.54) is 199 Å². The topological polar surface area (TPSA) is 237 Å². The van der Waals surface area contributed by atoms with Crippen LogP contribution in [-0.2, 0) is 65.4 Å². The summed E-state index contributed by atoms with van der Waals surface area (Å²) in [5.74, 6) is 1.00. The van der Waals surface area contributed by atoms with Crippen molar-refractivity contribution in [1.82, 2.24) is 0 Å². The second kappa shape index (κ2) is 68.2. The zero-order chi connectivity index (χ0) is 72.4. The van der Waals surface area contributed by atoms with Crippen molar-refractivity contribution in [1.29, 1.82) is 0 Å². The van der Waals surface area contributed by atoms with Crippen LogP contribution in [0.3, 0.4) is 0 Å². The van der Waals surface area contributed by atoms with Gasteiger partial charge in [-0.25, -0.2) is 9.13 Å². The van der Waals surface area contributed by atoms with Crippen molar-refractivity contribution in [3.63, 3.8) is 0 Å². The van der Waals surface area contributed by atoms with Crippen LogP contribution < -0.4 is 0 Å². The number of rotatable bonds is 76. The van der Waals surface area contributed by atoms with Crippen LogP contribution in [0, 0.1) is 23.7 Å². The van der Waals surface area contributed by atoms with E-state index in [1.54, 1.807) is 0 Å². The van der Waals surface area contributed by atoms with Crippen molar-refractivity contribution in [3.8, 4) is 0 Å². The van der Waals surface area contributed by atoms with Crippen LogP contribution in [0.4, 0.5) is 0 Å². The third kappa shape index (κ3) is 69.8. The number of phosphoric ester groups is 2. The van der Waals surface area contributed by atoms with Gasteiger partial charge in [-0.15, -0.1) is 0 Å². The zero-order valence-corrected chi connectivity index (χ0v) is 66.2. The molecule has 0 spiro atoms. The molecule has 19 heteroatoms. The Balaban J connectivity index is 5.24. The highest BCUT2D eigenvalue weighted by Crippen LogP contribution is 2.45. The molecule has 0 aromatic heterocycles. The Morgan fingerprint density at radius 2 is 0.490 bits per heavy atom. The molecule has 0 aliphatic carbocycles. The molecule has 0 aromatic rings. The van der Waals surface area contributed by atoms with E-state index in [0.29, 0.717) is 25.7 Å². The largest absolute Gasteiger partial charge is 0.472 e. The fourth-order valence-electron chi connectivity index (χ4n) is 12.0. The maximum Gasteiger partial charge on any atom is 0.472 e. The van der Waals surface area contributed by atoms with Gasteiger partial charge in [0, 0.05) is 25.7 Å². The summed E-state index contributed by atoms with van der Waals surface area (Å²) >= 11 is 0. The summed E-state index contributed by atoms with van der Waals surface area (Å²) in [6.45, 7) is 14.2. The monoisotopic (exact) mass is 1440 g/mol. The lowest BCUT2D eigenvalue weighted by Crippen LogP contribution is -2.30. The Kier molecular flexibility index (Phi) is 66.8. The third-order valence-corrected chi connectivity index (χ3v) is 20.9. The summed E-state index contributed by atoms with van der Waals surface area (Å²) < 4.78 is 68.6. The summed E-state index contributed by atoms with van der Waals surface area (Å²) in [4.78, 5) is 72.9. The highest BCUT2D eigenvalue weighted by Gasteiger charge is 2.30. The van der Waals surface area contributed by atoms with Gasteiger partial charge >= 0.3 is 39.5 Å². The molecule has 0 saturated carbocycles. The Bertz CT molecular complexity index is 1920. The molecule has 0 aromatic carbocycles. The summed E-state index contributed by atoms with van der Waals surface area (Å²) in [6, 6.07) is 0. The summed E-state index contributed by atoms with van der Waals surface area (Å²) in [5, 5.41) is 10.6. The van der Waals surface area contributed by atoms with Crippen LogP contribution in [0.2, 0.25) is 0 Å². The first-order valence-electron chi connectivity index (χ1n) is 40.8. The van der Waals surface area contributed by atoms with Crippen molar-refractivity contribution in [2.75, 3.05) is 39.6 Å². The van der Waals surface area contributed by atoms with E-state index < -0.39 is 97.5 Å². The number of ether oxygens (including phenoxy) is 4. The smallest absolute Gasteiger partial charge is 0.462 e. The summed E-state index contributed by atoms with van der Waals surface area (Å²) in [7, 11) is -9.92. The lowest BCUT2D eigenvalue weighted by atomic mass is 9.99. The molecule has 0 heterocycles. The van der Waals surface area contributed by atoms with Gasteiger partial charge in [0.15, 0.2) is 12.2 Å². The van der Waals surface area contributed by atoms with Gasteiger partial charge in [0.25, 0.3) is 0 Å². The fourth-order valence-corrected chi connectivity index (χ4v) is 13.6. The highest BCUT2D eigenvalue weighted by molar-refractivity contribution is 7.47. The van der Waals surface area contributed by atoms with Gasteiger partial charge in [0.1, 0.15) is 19.3 Å². The number of phosphoric acid groups is 2. The number of aliphatic hydroxyl groups is 1. The molecular formula is C79H154O17P2. The fraction of sp³-hybridized carbons (Fsp3) is 0.949. The number of hydrogen-bond acceptors (Lipinski definition) is 15. The van der Waals surface area contributed by atoms with Gasteiger partial charge in [0.05, 0.1) is 26.4 Å². The molecule has 3 N–H and O–H groups in total. The molecule has 0 aliphatic heterocycles. The number of carbonyl (C=O) groups is 4. The van der Waals surface area contributed by atoms with Crippen molar-refractivity contribution >= 4 is 39.5 Å². The molecule has 0 radical (unpaired) electrons. The quantitative estimate of drug-likeness (QED) is 0.0222. The Labute approximate surface area is 600 Å². The van der Waals surface area contributed by atoms with E-state index >= 15 is 0 Å². The lowest BCUT2D eigenvalue weighted by Gasteiger charge is -2.21. The van der Waals surface area contributed by atoms with E-state index in [1.807, 2.05) is 0 Å². The summed E-state index contributed by atoms with van der Waals surface area (Å²) in [6.07, 6.45) is 54.1. The van der Waals surface area contributed by atoms with Crippen LogP contribution in [-0.4, -0.2) is 96.7 Å². The normalized spacial score (nSPS) is 14.6. The molecule has 0 rings (SSSR count). The maximum absolute atomic E-state index is 13.1. The van der Waals surface area contributed by atoms with Crippen LogP contribution in [0.5, 0.6) is 0 Å². The minimum absolute atomic E-state index is 0.104. The molecule has 7 atom stereocenters. The van der Waals surface area contributed by atoms with Crippen molar-refractivity contribution in [2.45, 2.75) is 420 Å². The van der Waals surface area contributed by atoms with E-state index in [9.17, 15) is 43.2 Å². The van der Waals surface area contributed by atoms with E-state index in [2.05, 4.69) is 55.4 Å². The van der Waals surface area contributed by atoms with Crippen molar-refractivity contribution in [3.05, 3.63) is 0 Å². The van der Waals surface area contributed by atoms with E-state index in [-0.39, 0.29) is 25.7 Å². The Morgan fingerprint density at radius 3 is 0.724 bits per heavy atom. The highest BCUT2D eigenvalue weighted by atomic mass is 31.2. The minimum atomic E-state index is -4.96. The van der Waals surface area contributed by atoms with Crippen molar-refractivity contribution < 1.29 is 80.2 Å². The number of hydrogen-bond donors (Lipinski definition) is 3. The average Bonchev–Trinajstić information content (AvgIpc) is 0.927. The van der Waals surface area contributed by atoms with E-state index in [0.717, 1.165) is 120 Å². The van der Waals surface area contributed by atoms with Gasteiger partial charge in [-0.2, -0.15) is 0 Å². The Hall–Kier alpha value is -1.94. The summed E-state index contributed by atoms with van der Waals surface area (Å²) in [5.41, 5.74) is 0. The molecule has 4 unspecified atom stereocenters. The van der Waals surface area contributed by atoms with E-state index in [4.69, 9.17) is 37.0 Å². The minimum Gasteiger partial charge on any atom is -0.462 e. The number of carbonyl (C=O) groups excluding carboxylic acids is 4. The first-order valence-corrected chi connectivity index (χ1v) is 43.8. The first-order chi connectivity index (χ1) is 47.2. The van der Waals surface area contributed by atoms with Crippen LogP contribution in [0.15, 0.2) is 0 Å². The number of esters is 4. The first kappa shape index (κ1) is 96.1. The molecule has 582 valence electrons. The second-order valence-corrected chi connectivity index (χ2v) is 32.8. The predicted octanol–water partition coefficient (Wildman–Crippen LogP) is 23.2. The zero-order valence-electron chi connectivity index (χ0n) is 64.4. The SMILES string of the molecule is CCC(C)CCCCCCCCCCCCCCCCC(=O)OC[C@H](COP(=O)(O)OC[C@@H](O)COP(=O)(O)OC[C@@H](COC(=O)CCCCCCCCC(C)CC)OC(=O)CCCCCCCCCCCC(C)C)OC(=O)CCCCCCCCCCCCCCCCCC(C)C. The Morgan fingerprint density at radius 1 is 0.286 bits per heavy atom. The van der Waals surface area contributed by atoms with Gasteiger partial charge < -0.3 is 33.8 Å². The van der Waals surface area contributed by atoms with Gasteiger partial charge in [0.2, 0.25) is 0 Å². The van der Waals surface area contributed by atoms with Crippen molar-refractivity contribution in [2.24, 2.45) is 23.7 Å². The molecule has 17 nitrogen and oxygen atoms in total. The molecule has 0 aliphatic rings.